The van der Waals surface area contributed by atoms with E-state index in [-0.39, 0.29) is 0 Å². The summed E-state index contributed by atoms with van der Waals surface area (Å²) in [4.78, 5) is 14.0. The van der Waals surface area contributed by atoms with E-state index in [4.69, 9.17) is 0 Å². The fourth-order valence-electron chi connectivity index (χ4n) is 4.04. The molecule has 19 heavy (non-hydrogen) atoms. The van der Waals surface area contributed by atoms with Crippen molar-refractivity contribution in [2.45, 2.75) is 83.2 Å². The lowest BCUT2D eigenvalue weighted by atomic mass is 9.85. The number of carboxylic acids is 1. The molecule has 110 valence electrons. The van der Waals surface area contributed by atoms with E-state index in [2.05, 4.69) is 11.8 Å². The van der Waals surface area contributed by atoms with Crippen LogP contribution in [-0.2, 0) is 4.79 Å². The molecule has 0 spiro atoms. The maximum atomic E-state index is 11.7. The van der Waals surface area contributed by atoms with Crippen molar-refractivity contribution in [3.63, 3.8) is 0 Å². The Morgan fingerprint density at radius 2 is 2.00 bits per heavy atom. The van der Waals surface area contributed by atoms with E-state index in [1.165, 1.54) is 38.5 Å². The second kappa shape index (κ2) is 6.25. The molecular formula is C16H29NO2. The zero-order valence-corrected chi connectivity index (χ0v) is 12.5. The predicted molar refractivity (Wildman–Crippen MR) is 77.3 cm³/mol. The van der Waals surface area contributed by atoms with Crippen LogP contribution < -0.4 is 0 Å². The van der Waals surface area contributed by atoms with Gasteiger partial charge in [0.25, 0.3) is 0 Å². The number of nitrogens with zero attached hydrogens (tertiary/aromatic N) is 1. The highest BCUT2D eigenvalue weighted by Gasteiger charge is 2.44. The zero-order valence-electron chi connectivity index (χ0n) is 12.5. The van der Waals surface area contributed by atoms with Gasteiger partial charge in [0, 0.05) is 6.04 Å². The molecule has 2 aliphatic rings. The van der Waals surface area contributed by atoms with Gasteiger partial charge >= 0.3 is 5.97 Å². The number of likely N-dealkylation sites (tertiary alicyclic amines) is 1. The molecule has 0 bridgehead atoms. The van der Waals surface area contributed by atoms with Crippen LogP contribution in [0, 0.1) is 5.92 Å². The molecule has 0 aromatic heterocycles. The van der Waals surface area contributed by atoms with Crippen molar-refractivity contribution in [1.29, 1.82) is 0 Å². The minimum absolute atomic E-state index is 0.498. The summed E-state index contributed by atoms with van der Waals surface area (Å²) in [6.07, 6.45) is 10.6. The molecule has 3 atom stereocenters. The van der Waals surface area contributed by atoms with E-state index >= 15 is 0 Å². The second-order valence-electron chi connectivity index (χ2n) is 6.67. The van der Waals surface area contributed by atoms with Crippen molar-refractivity contribution in [2.75, 3.05) is 6.54 Å². The number of rotatable bonds is 3. The molecule has 3 nitrogen and oxygen atoms in total. The highest BCUT2D eigenvalue weighted by atomic mass is 16.4. The Bertz CT molecular complexity index is 318. The Kier molecular flexibility index (Phi) is 4.88. The number of carboxylic acid groups (broad SMARTS) is 1. The van der Waals surface area contributed by atoms with Crippen LogP contribution in [0.3, 0.4) is 0 Å². The fourth-order valence-corrected chi connectivity index (χ4v) is 4.04. The van der Waals surface area contributed by atoms with Gasteiger partial charge in [-0.2, -0.15) is 0 Å². The molecule has 0 radical (unpaired) electrons. The quantitative estimate of drug-likeness (QED) is 0.793. The van der Waals surface area contributed by atoms with Crippen LogP contribution in [0.2, 0.25) is 0 Å². The van der Waals surface area contributed by atoms with E-state index in [0.717, 1.165) is 31.7 Å². The molecule has 1 saturated heterocycles. The van der Waals surface area contributed by atoms with Crippen molar-refractivity contribution >= 4 is 5.97 Å². The first-order valence-electron chi connectivity index (χ1n) is 8.08. The zero-order chi connectivity index (χ0) is 13.9. The molecular weight excluding hydrogens is 238 g/mol. The van der Waals surface area contributed by atoms with Crippen LogP contribution in [0.15, 0.2) is 0 Å². The topological polar surface area (TPSA) is 40.5 Å². The number of hydrogen-bond acceptors (Lipinski definition) is 2. The maximum Gasteiger partial charge on any atom is 0.323 e. The molecule has 0 aromatic carbocycles. The van der Waals surface area contributed by atoms with E-state index in [1.807, 2.05) is 6.92 Å². The van der Waals surface area contributed by atoms with Gasteiger partial charge in [0.1, 0.15) is 5.54 Å². The first-order chi connectivity index (χ1) is 9.08. The third-order valence-electron chi connectivity index (χ3n) is 5.48. The summed E-state index contributed by atoms with van der Waals surface area (Å²) in [7, 11) is 0. The summed E-state index contributed by atoms with van der Waals surface area (Å²) >= 11 is 0. The first-order valence-corrected chi connectivity index (χ1v) is 8.08. The van der Waals surface area contributed by atoms with Crippen molar-refractivity contribution in [3.8, 4) is 0 Å². The Morgan fingerprint density at radius 3 is 2.68 bits per heavy atom. The molecule has 1 N–H and O–H groups in total. The first kappa shape index (κ1) is 14.8. The molecule has 0 aromatic rings. The standard InChI is InChI=1S/C16H29NO2/c1-3-13-7-6-8-14(10-9-13)17-12-5-4-11-16(17,2)15(18)19/h13-14H,3-12H2,1-2H3,(H,18,19). The summed E-state index contributed by atoms with van der Waals surface area (Å²) in [6.45, 7) is 5.20. The van der Waals surface area contributed by atoms with Crippen molar-refractivity contribution in [1.82, 2.24) is 4.90 Å². The van der Waals surface area contributed by atoms with Gasteiger partial charge in [0.15, 0.2) is 0 Å². The van der Waals surface area contributed by atoms with Crippen molar-refractivity contribution < 1.29 is 9.90 Å². The lowest BCUT2D eigenvalue weighted by molar-refractivity contribution is -0.155. The monoisotopic (exact) mass is 267 g/mol. The average molecular weight is 267 g/mol. The van der Waals surface area contributed by atoms with Gasteiger partial charge in [0.05, 0.1) is 0 Å². The summed E-state index contributed by atoms with van der Waals surface area (Å²) in [6, 6.07) is 0.498. The molecule has 2 fully saturated rings. The van der Waals surface area contributed by atoms with Gasteiger partial charge in [-0.15, -0.1) is 0 Å². The van der Waals surface area contributed by atoms with E-state index in [9.17, 15) is 9.90 Å². The molecule has 3 heteroatoms. The summed E-state index contributed by atoms with van der Waals surface area (Å²) in [5.41, 5.74) is -0.616. The van der Waals surface area contributed by atoms with Gasteiger partial charge in [-0.3, -0.25) is 9.69 Å². The molecule has 1 aliphatic heterocycles. The van der Waals surface area contributed by atoms with Gasteiger partial charge in [-0.25, -0.2) is 0 Å². The molecule has 1 heterocycles. The molecule has 0 amide bonds. The Morgan fingerprint density at radius 1 is 1.21 bits per heavy atom. The van der Waals surface area contributed by atoms with Crippen LogP contribution in [0.5, 0.6) is 0 Å². The number of aliphatic carboxylic acids is 1. The average Bonchev–Trinajstić information content (AvgIpc) is 2.64. The Balaban J connectivity index is 2.07. The highest BCUT2D eigenvalue weighted by molar-refractivity contribution is 5.78. The highest BCUT2D eigenvalue weighted by Crippen LogP contribution is 2.36. The van der Waals surface area contributed by atoms with Crippen LogP contribution >= 0.6 is 0 Å². The van der Waals surface area contributed by atoms with Gasteiger partial charge in [0.2, 0.25) is 0 Å². The maximum absolute atomic E-state index is 11.7. The Hall–Kier alpha value is -0.570. The minimum Gasteiger partial charge on any atom is -0.480 e. The van der Waals surface area contributed by atoms with Gasteiger partial charge in [-0.1, -0.05) is 26.2 Å². The number of piperidine rings is 1. The number of carbonyl (C=O) groups is 1. The predicted octanol–water partition coefficient (Wildman–Crippen LogP) is 3.67. The largest absolute Gasteiger partial charge is 0.480 e. The molecule has 1 saturated carbocycles. The third-order valence-corrected chi connectivity index (χ3v) is 5.48. The summed E-state index contributed by atoms with van der Waals surface area (Å²) < 4.78 is 0. The third kappa shape index (κ3) is 3.13. The minimum atomic E-state index is -0.622. The van der Waals surface area contributed by atoms with E-state index in [1.54, 1.807) is 0 Å². The Labute approximate surface area is 117 Å². The van der Waals surface area contributed by atoms with Gasteiger partial charge in [-0.05, 0) is 57.9 Å². The molecule has 2 rings (SSSR count). The summed E-state index contributed by atoms with van der Waals surface area (Å²) in [5, 5.41) is 9.63. The second-order valence-corrected chi connectivity index (χ2v) is 6.67. The van der Waals surface area contributed by atoms with Crippen molar-refractivity contribution in [3.05, 3.63) is 0 Å². The number of hydrogen-bond donors (Lipinski definition) is 1. The summed E-state index contributed by atoms with van der Waals surface area (Å²) in [5.74, 6) is 0.245. The normalized spacial score (nSPS) is 37.8. The smallest absolute Gasteiger partial charge is 0.323 e. The van der Waals surface area contributed by atoms with Crippen LogP contribution in [-0.4, -0.2) is 34.1 Å². The fraction of sp³-hybridized carbons (Fsp3) is 0.938. The molecule has 1 aliphatic carbocycles. The SMILES string of the molecule is CCC1CCCC(N2CCCCC2(C)C(=O)O)CC1. The van der Waals surface area contributed by atoms with Crippen LogP contribution in [0.1, 0.15) is 71.6 Å². The van der Waals surface area contributed by atoms with E-state index in [0.29, 0.717) is 6.04 Å². The lowest BCUT2D eigenvalue weighted by Gasteiger charge is -2.46. The van der Waals surface area contributed by atoms with Crippen LogP contribution in [0.4, 0.5) is 0 Å². The van der Waals surface area contributed by atoms with E-state index < -0.39 is 11.5 Å². The van der Waals surface area contributed by atoms with Gasteiger partial charge < -0.3 is 5.11 Å². The van der Waals surface area contributed by atoms with Crippen molar-refractivity contribution in [2.24, 2.45) is 5.92 Å². The lowest BCUT2D eigenvalue weighted by Crippen LogP contribution is -2.58. The molecule has 3 unspecified atom stereocenters. The van der Waals surface area contributed by atoms with Crippen LogP contribution in [0.25, 0.3) is 0 Å².